The third kappa shape index (κ3) is 2.54. The Balaban J connectivity index is 2.14. The summed E-state index contributed by atoms with van der Waals surface area (Å²) in [6.45, 7) is 2.02. The van der Waals surface area contributed by atoms with Gasteiger partial charge in [0.25, 0.3) is 0 Å². The molecule has 2 nitrogen and oxygen atoms in total. The van der Waals surface area contributed by atoms with Crippen LogP contribution in [0.25, 0.3) is 0 Å². The smallest absolute Gasteiger partial charge is 0.185 e. The lowest BCUT2D eigenvalue weighted by Crippen LogP contribution is -2.05. The van der Waals surface area contributed by atoms with E-state index in [1.165, 1.54) is 5.56 Å². The number of benzene rings is 1. The number of aryl methyl sites for hydroxylation is 1. The third-order valence-corrected chi connectivity index (χ3v) is 2.40. The molecule has 1 heterocycles. The SMILES string of the molecule is Cc1cccc(CC(=O)c2ccccn2)c1. The lowest BCUT2D eigenvalue weighted by Gasteiger charge is -2.01. The Morgan fingerprint density at radius 1 is 1.19 bits per heavy atom. The minimum Gasteiger partial charge on any atom is -0.292 e. The molecule has 16 heavy (non-hydrogen) atoms. The van der Waals surface area contributed by atoms with Crippen molar-refractivity contribution in [3.8, 4) is 0 Å². The van der Waals surface area contributed by atoms with E-state index in [1.54, 1.807) is 12.3 Å². The number of carbonyl (C=O) groups excluding carboxylic acids is 1. The van der Waals surface area contributed by atoms with Crippen LogP contribution in [0.1, 0.15) is 21.6 Å². The number of Topliss-reactive ketones (excluding diaryl/α,β-unsaturated/α-hetero) is 1. The quantitative estimate of drug-likeness (QED) is 0.731. The molecule has 0 saturated carbocycles. The Bertz CT molecular complexity index is 491. The number of pyridine rings is 1. The number of ketones is 1. The molecule has 0 bridgehead atoms. The number of hydrogen-bond acceptors (Lipinski definition) is 2. The second-order valence-electron chi connectivity index (χ2n) is 3.80. The molecule has 2 rings (SSSR count). The van der Waals surface area contributed by atoms with Crippen LogP contribution >= 0.6 is 0 Å². The first-order chi connectivity index (χ1) is 7.75. The highest BCUT2D eigenvalue weighted by Gasteiger charge is 2.07. The predicted octanol–water partition coefficient (Wildman–Crippen LogP) is 2.82. The van der Waals surface area contributed by atoms with Gasteiger partial charge in [-0.25, -0.2) is 0 Å². The summed E-state index contributed by atoms with van der Waals surface area (Å²) in [5.41, 5.74) is 2.74. The molecule has 1 aromatic heterocycles. The lowest BCUT2D eigenvalue weighted by atomic mass is 10.0. The molecule has 0 amide bonds. The highest BCUT2D eigenvalue weighted by Crippen LogP contribution is 2.07. The average molecular weight is 211 g/mol. The number of hydrogen-bond donors (Lipinski definition) is 0. The maximum atomic E-state index is 11.9. The van der Waals surface area contributed by atoms with E-state index in [9.17, 15) is 4.79 Å². The molecule has 0 aliphatic rings. The Morgan fingerprint density at radius 3 is 2.75 bits per heavy atom. The number of rotatable bonds is 3. The molecular formula is C14H13NO. The molecule has 0 aliphatic carbocycles. The standard InChI is InChI=1S/C14H13NO/c1-11-5-4-6-12(9-11)10-14(16)13-7-2-3-8-15-13/h2-9H,10H2,1H3. The molecule has 0 saturated heterocycles. The zero-order chi connectivity index (χ0) is 11.4. The topological polar surface area (TPSA) is 30.0 Å². The lowest BCUT2D eigenvalue weighted by molar-refractivity contribution is 0.0988. The van der Waals surface area contributed by atoms with Gasteiger partial charge in [0.15, 0.2) is 5.78 Å². The Kier molecular flexibility index (Phi) is 3.10. The molecule has 2 heteroatoms. The maximum Gasteiger partial charge on any atom is 0.185 e. The van der Waals surface area contributed by atoms with Crippen LogP contribution in [0.15, 0.2) is 48.7 Å². The second-order valence-corrected chi connectivity index (χ2v) is 3.80. The van der Waals surface area contributed by atoms with Crippen molar-refractivity contribution in [2.45, 2.75) is 13.3 Å². The van der Waals surface area contributed by atoms with Crippen LogP contribution in [-0.4, -0.2) is 10.8 Å². The molecular weight excluding hydrogens is 198 g/mol. The summed E-state index contributed by atoms with van der Waals surface area (Å²) in [7, 11) is 0. The molecule has 0 radical (unpaired) electrons. The van der Waals surface area contributed by atoms with Gasteiger partial charge in [0.2, 0.25) is 0 Å². The van der Waals surface area contributed by atoms with Crippen LogP contribution < -0.4 is 0 Å². The van der Waals surface area contributed by atoms with Crippen LogP contribution in [0.5, 0.6) is 0 Å². The van der Waals surface area contributed by atoms with Gasteiger partial charge in [-0.3, -0.25) is 9.78 Å². The summed E-state index contributed by atoms with van der Waals surface area (Å²) >= 11 is 0. The summed E-state index contributed by atoms with van der Waals surface area (Å²) in [5, 5.41) is 0. The Hall–Kier alpha value is -1.96. The van der Waals surface area contributed by atoms with Gasteiger partial charge < -0.3 is 0 Å². The average Bonchev–Trinajstić information content (AvgIpc) is 2.30. The van der Waals surface area contributed by atoms with Gasteiger partial charge in [0.1, 0.15) is 5.69 Å². The van der Waals surface area contributed by atoms with Crippen LogP contribution in [0.3, 0.4) is 0 Å². The summed E-state index contributed by atoms with van der Waals surface area (Å²) in [6.07, 6.45) is 2.06. The zero-order valence-corrected chi connectivity index (χ0v) is 9.18. The van der Waals surface area contributed by atoms with Crippen LogP contribution in [0, 0.1) is 6.92 Å². The maximum absolute atomic E-state index is 11.9. The first-order valence-electron chi connectivity index (χ1n) is 5.25. The van der Waals surface area contributed by atoms with Crippen molar-refractivity contribution < 1.29 is 4.79 Å². The fourth-order valence-electron chi connectivity index (χ4n) is 1.63. The molecule has 2 aromatic rings. The highest BCUT2D eigenvalue weighted by molar-refractivity contribution is 5.95. The van der Waals surface area contributed by atoms with E-state index in [0.29, 0.717) is 12.1 Å². The van der Waals surface area contributed by atoms with Crippen molar-refractivity contribution in [1.29, 1.82) is 0 Å². The van der Waals surface area contributed by atoms with E-state index in [1.807, 2.05) is 43.3 Å². The van der Waals surface area contributed by atoms with Crippen molar-refractivity contribution in [3.05, 3.63) is 65.5 Å². The molecule has 80 valence electrons. The molecule has 0 spiro atoms. The largest absolute Gasteiger partial charge is 0.292 e. The molecule has 0 atom stereocenters. The van der Waals surface area contributed by atoms with E-state index in [-0.39, 0.29) is 5.78 Å². The van der Waals surface area contributed by atoms with E-state index in [4.69, 9.17) is 0 Å². The summed E-state index contributed by atoms with van der Waals surface area (Å²) < 4.78 is 0. The van der Waals surface area contributed by atoms with Crippen molar-refractivity contribution in [3.63, 3.8) is 0 Å². The molecule has 1 aromatic carbocycles. The van der Waals surface area contributed by atoms with Crippen LogP contribution in [-0.2, 0) is 6.42 Å². The van der Waals surface area contributed by atoms with Crippen molar-refractivity contribution in [2.24, 2.45) is 0 Å². The van der Waals surface area contributed by atoms with E-state index >= 15 is 0 Å². The zero-order valence-electron chi connectivity index (χ0n) is 9.18. The van der Waals surface area contributed by atoms with Crippen LogP contribution in [0.2, 0.25) is 0 Å². The fourth-order valence-corrected chi connectivity index (χ4v) is 1.63. The van der Waals surface area contributed by atoms with E-state index in [0.717, 1.165) is 5.56 Å². The van der Waals surface area contributed by atoms with E-state index < -0.39 is 0 Å². The minimum atomic E-state index is 0.0613. The van der Waals surface area contributed by atoms with Crippen molar-refractivity contribution in [2.75, 3.05) is 0 Å². The summed E-state index contributed by atoms with van der Waals surface area (Å²) in [5.74, 6) is 0.0613. The number of nitrogens with zero attached hydrogens (tertiary/aromatic N) is 1. The summed E-state index contributed by atoms with van der Waals surface area (Å²) in [6, 6.07) is 13.4. The highest BCUT2D eigenvalue weighted by atomic mass is 16.1. The van der Waals surface area contributed by atoms with Gasteiger partial charge in [-0.15, -0.1) is 0 Å². The second kappa shape index (κ2) is 4.71. The van der Waals surface area contributed by atoms with Crippen molar-refractivity contribution >= 4 is 5.78 Å². The first-order valence-corrected chi connectivity index (χ1v) is 5.25. The predicted molar refractivity (Wildman–Crippen MR) is 63.5 cm³/mol. The number of carbonyl (C=O) groups is 1. The van der Waals surface area contributed by atoms with Gasteiger partial charge in [-0.05, 0) is 24.6 Å². The Labute approximate surface area is 95.0 Å². The third-order valence-electron chi connectivity index (χ3n) is 2.40. The first kappa shape index (κ1) is 10.6. The fraction of sp³-hybridized carbons (Fsp3) is 0.143. The van der Waals surface area contributed by atoms with Gasteiger partial charge in [0, 0.05) is 12.6 Å². The summed E-state index contributed by atoms with van der Waals surface area (Å²) in [4.78, 5) is 15.9. The van der Waals surface area contributed by atoms with Gasteiger partial charge >= 0.3 is 0 Å². The molecule has 0 aliphatic heterocycles. The van der Waals surface area contributed by atoms with Crippen LogP contribution in [0.4, 0.5) is 0 Å². The normalized spacial score (nSPS) is 10.1. The van der Waals surface area contributed by atoms with Gasteiger partial charge in [-0.1, -0.05) is 35.9 Å². The van der Waals surface area contributed by atoms with Crippen molar-refractivity contribution in [1.82, 2.24) is 4.98 Å². The van der Waals surface area contributed by atoms with E-state index in [2.05, 4.69) is 4.98 Å². The number of aromatic nitrogens is 1. The molecule has 0 unspecified atom stereocenters. The Morgan fingerprint density at radius 2 is 2.06 bits per heavy atom. The minimum absolute atomic E-state index is 0.0613. The van der Waals surface area contributed by atoms with Gasteiger partial charge in [0.05, 0.1) is 0 Å². The van der Waals surface area contributed by atoms with Gasteiger partial charge in [-0.2, -0.15) is 0 Å². The molecule has 0 N–H and O–H groups in total. The molecule has 0 fully saturated rings. The monoisotopic (exact) mass is 211 g/mol.